The van der Waals surface area contributed by atoms with E-state index in [1.165, 1.54) is 0 Å². The van der Waals surface area contributed by atoms with Gasteiger partial charge in [-0.3, -0.25) is 0 Å². The third-order valence-corrected chi connectivity index (χ3v) is 4.12. The van der Waals surface area contributed by atoms with E-state index >= 15 is 0 Å². The lowest BCUT2D eigenvalue weighted by Crippen LogP contribution is -2.24. The minimum atomic E-state index is -0.307. The molecule has 0 bridgehead atoms. The molecule has 24 heavy (non-hydrogen) atoms. The average Bonchev–Trinajstić information content (AvgIpc) is 2.93. The Morgan fingerprint density at radius 1 is 1.25 bits per heavy atom. The lowest BCUT2D eigenvalue weighted by atomic mass is 10.1. The number of rotatable bonds is 3. The summed E-state index contributed by atoms with van der Waals surface area (Å²) in [6.45, 7) is 3.13. The third kappa shape index (κ3) is 2.66. The number of pyridine rings is 1. The lowest BCUT2D eigenvalue weighted by Gasteiger charge is -2.18. The maximum Gasteiger partial charge on any atom is 0.219 e. The number of nitrogens with zero attached hydrogens (tertiary/aromatic N) is 3. The Labute approximate surface area is 145 Å². The fourth-order valence-corrected chi connectivity index (χ4v) is 3.02. The van der Waals surface area contributed by atoms with E-state index in [2.05, 4.69) is 9.98 Å². The summed E-state index contributed by atoms with van der Waals surface area (Å²) in [4.78, 5) is 11.2. The molecule has 2 aromatic rings. The van der Waals surface area contributed by atoms with Gasteiger partial charge >= 0.3 is 0 Å². The summed E-state index contributed by atoms with van der Waals surface area (Å²) >= 11 is 6.15. The molecular formula is C18H16ClN3O2. The van der Waals surface area contributed by atoms with Gasteiger partial charge in [0.25, 0.3) is 0 Å². The van der Waals surface area contributed by atoms with Crippen molar-refractivity contribution in [1.29, 1.82) is 0 Å². The van der Waals surface area contributed by atoms with Crippen molar-refractivity contribution in [3.05, 3.63) is 71.0 Å². The van der Waals surface area contributed by atoms with Gasteiger partial charge in [-0.15, -0.1) is 0 Å². The summed E-state index contributed by atoms with van der Waals surface area (Å²) < 4.78 is 11.4. The summed E-state index contributed by atoms with van der Waals surface area (Å²) in [5.41, 5.74) is 3.40. The van der Waals surface area contributed by atoms with Crippen molar-refractivity contribution in [2.75, 3.05) is 18.1 Å². The second-order valence-electron chi connectivity index (χ2n) is 5.43. The molecule has 0 radical (unpaired) electrons. The highest BCUT2D eigenvalue weighted by Crippen LogP contribution is 2.34. The molecule has 2 aliphatic heterocycles. The number of fused-ring (bicyclic) bond motifs is 3. The lowest BCUT2D eigenvalue weighted by molar-refractivity contribution is -0.0809. The largest absolute Gasteiger partial charge is 0.446 e. The predicted octanol–water partition coefficient (Wildman–Crippen LogP) is 3.58. The molecule has 1 aromatic heterocycles. The van der Waals surface area contributed by atoms with Gasteiger partial charge in [0.2, 0.25) is 12.2 Å². The SMILES string of the molecule is CCOC1CN2C(=CN=C(c3ccccc3)c3nc(Cl)ccc32)O1. The van der Waals surface area contributed by atoms with Gasteiger partial charge < -0.3 is 14.4 Å². The molecule has 1 aromatic carbocycles. The number of halogens is 1. The third-order valence-electron chi connectivity index (χ3n) is 3.91. The zero-order valence-electron chi connectivity index (χ0n) is 13.1. The first-order chi connectivity index (χ1) is 11.8. The van der Waals surface area contributed by atoms with Gasteiger partial charge in [0, 0.05) is 12.2 Å². The van der Waals surface area contributed by atoms with Crippen LogP contribution in [0.5, 0.6) is 0 Å². The van der Waals surface area contributed by atoms with Gasteiger partial charge in [0.15, 0.2) is 0 Å². The second kappa shape index (κ2) is 6.26. The van der Waals surface area contributed by atoms with Crippen LogP contribution >= 0.6 is 11.6 Å². The standard InChI is InChI=1S/C18H16ClN3O2/c1-2-23-16-11-22-13-8-9-14(19)21-18(13)17(20-10-15(22)24-16)12-6-4-3-5-7-12/h3-10,16H,2,11H2,1H3. The van der Waals surface area contributed by atoms with E-state index in [4.69, 9.17) is 21.1 Å². The fraction of sp³-hybridized carbons (Fsp3) is 0.222. The highest BCUT2D eigenvalue weighted by atomic mass is 35.5. The van der Waals surface area contributed by atoms with Crippen molar-refractivity contribution in [2.24, 2.45) is 4.99 Å². The van der Waals surface area contributed by atoms with E-state index in [1.54, 1.807) is 12.3 Å². The molecule has 4 rings (SSSR count). The molecule has 1 unspecified atom stereocenters. The monoisotopic (exact) mass is 341 g/mol. The molecule has 3 heterocycles. The van der Waals surface area contributed by atoms with E-state index in [1.807, 2.05) is 48.2 Å². The van der Waals surface area contributed by atoms with Gasteiger partial charge in [-0.2, -0.15) is 0 Å². The number of aromatic nitrogens is 1. The summed E-state index contributed by atoms with van der Waals surface area (Å²) in [6.07, 6.45) is 1.41. The first kappa shape index (κ1) is 15.2. The van der Waals surface area contributed by atoms with Crippen molar-refractivity contribution in [3.63, 3.8) is 0 Å². The van der Waals surface area contributed by atoms with Gasteiger partial charge in [-0.1, -0.05) is 41.9 Å². The molecule has 6 heteroatoms. The zero-order chi connectivity index (χ0) is 16.5. The minimum absolute atomic E-state index is 0.307. The van der Waals surface area contributed by atoms with Crippen molar-refractivity contribution < 1.29 is 9.47 Å². The van der Waals surface area contributed by atoms with Crippen LogP contribution in [0.15, 0.2) is 59.5 Å². The Balaban J connectivity index is 1.84. The van der Waals surface area contributed by atoms with Crippen molar-refractivity contribution in [1.82, 2.24) is 4.98 Å². The Hall–Kier alpha value is -2.37. The van der Waals surface area contributed by atoms with Crippen LogP contribution < -0.4 is 4.90 Å². The second-order valence-corrected chi connectivity index (χ2v) is 5.81. The molecule has 0 amide bonds. The number of benzene rings is 1. The predicted molar refractivity (Wildman–Crippen MR) is 93.3 cm³/mol. The van der Waals surface area contributed by atoms with Crippen LogP contribution in [0.25, 0.3) is 0 Å². The Bertz CT molecular complexity index is 820. The maximum atomic E-state index is 6.15. The number of hydrogen-bond donors (Lipinski definition) is 0. The van der Waals surface area contributed by atoms with E-state index in [0.29, 0.717) is 24.2 Å². The zero-order valence-corrected chi connectivity index (χ0v) is 13.9. The van der Waals surface area contributed by atoms with E-state index < -0.39 is 0 Å². The molecule has 0 saturated carbocycles. The summed E-state index contributed by atoms with van der Waals surface area (Å²) in [6, 6.07) is 13.7. The van der Waals surface area contributed by atoms with Gasteiger partial charge in [0.1, 0.15) is 10.8 Å². The quantitative estimate of drug-likeness (QED) is 0.800. The molecule has 1 fully saturated rings. The molecule has 1 saturated heterocycles. The Kier molecular flexibility index (Phi) is 3.96. The number of anilines is 1. The van der Waals surface area contributed by atoms with Crippen LogP contribution in [0.3, 0.4) is 0 Å². The molecular weight excluding hydrogens is 326 g/mol. The molecule has 0 spiro atoms. The molecule has 2 aliphatic rings. The number of hydrogen-bond acceptors (Lipinski definition) is 5. The van der Waals surface area contributed by atoms with Crippen molar-refractivity contribution in [3.8, 4) is 0 Å². The molecule has 0 aliphatic carbocycles. The van der Waals surface area contributed by atoms with Crippen LogP contribution in [0.2, 0.25) is 5.15 Å². The highest BCUT2D eigenvalue weighted by Gasteiger charge is 2.34. The van der Waals surface area contributed by atoms with Crippen LogP contribution in [0, 0.1) is 0 Å². The smallest absolute Gasteiger partial charge is 0.219 e. The number of aliphatic imine (C=N–C) groups is 1. The van der Waals surface area contributed by atoms with Gasteiger partial charge in [-0.25, -0.2) is 9.98 Å². The number of ether oxygens (including phenoxy) is 2. The Morgan fingerprint density at radius 2 is 2.08 bits per heavy atom. The maximum absolute atomic E-state index is 6.15. The minimum Gasteiger partial charge on any atom is -0.446 e. The van der Waals surface area contributed by atoms with E-state index in [-0.39, 0.29) is 6.29 Å². The highest BCUT2D eigenvalue weighted by molar-refractivity contribution is 6.30. The summed E-state index contributed by atoms with van der Waals surface area (Å²) in [7, 11) is 0. The summed E-state index contributed by atoms with van der Waals surface area (Å²) in [5, 5.41) is 0.433. The molecule has 1 atom stereocenters. The summed E-state index contributed by atoms with van der Waals surface area (Å²) in [5.74, 6) is 0.657. The van der Waals surface area contributed by atoms with Crippen LogP contribution in [-0.2, 0) is 9.47 Å². The topological polar surface area (TPSA) is 47.0 Å². The average molecular weight is 342 g/mol. The normalized spacial score (nSPS) is 18.9. The van der Waals surface area contributed by atoms with Gasteiger partial charge in [0.05, 0.1) is 24.1 Å². The van der Waals surface area contributed by atoms with Crippen molar-refractivity contribution >= 4 is 23.0 Å². The first-order valence-electron chi connectivity index (χ1n) is 7.82. The van der Waals surface area contributed by atoms with Gasteiger partial charge in [-0.05, 0) is 19.1 Å². The van der Waals surface area contributed by atoms with Crippen LogP contribution in [0.4, 0.5) is 5.69 Å². The Morgan fingerprint density at radius 3 is 2.88 bits per heavy atom. The molecule has 0 N–H and O–H groups in total. The first-order valence-corrected chi connectivity index (χ1v) is 8.20. The molecule has 5 nitrogen and oxygen atoms in total. The van der Waals surface area contributed by atoms with Crippen molar-refractivity contribution in [2.45, 2.75) is 13.2 Å². The van der Waals surface area contributed by atoms with E-state index in [0.717, 1.165) is 22.7 Å². The fourth-order valence-electron chi connectivity index (χ4n) is 2.87. The van der Waals surface area contributed by atoms with Crippen LogP contribution in [-0.4, -0.2) is 30.1 Å². The van der Waals surface area contributed by atoms with Crippen LogP contribution in [0.1, 0.15) is 18.2 Å². The van der Waals surface area contributed by atoms with E-state index in [9.17, 15) is 0 Å². The molecule has 122 valence electrons.